The number of hydrogen-bond acceptors (Lipinski definition) is 6. The maximum Gasteiger partial charge on any atom is 0.306 e. The fraction of sp³-hybridized carbons (Fsp3) is 0.632. The van der Waals surface area contributed by atoms with E-state index in [0.717, 1.165) is 128 Å². The molecule has 0 bridgehead atoms. The van der Waals surface area contributed by atoms with Gasteiger partial charge < -0.3 is 14.2 Å². The average Bonchev–Trinajstić information content (AvgIpc) is 3.40. The summed E-state index contributed by atoms with van der Waals surface area (Å²) in [7, 11) is 0. The second-order valence-electron chi connectivity index (χ2n) is 19.5. The lowest BCUT2D eigenvalue weighted by molar-refractivity contribution is -0.167. The van der Waals surface area contributed by atoms with Gasteiger partial charge in [-0.3, -0.25) is 14.4 Å². The van der Waals surface area contributed by atoms with E-state index in [4.69, 9.17) is 14.2 Å². The van der Waals surface area contributed by atoms with Crippen LogP contribution >= 0.6 is 0 Å². The number of allylic oxidation sites excluding steroid dienone is 22. The molecule has 0 rings (SSSR count). The molecule has 1 atom stereocenters. The Morgan fingerprint density at radius 2 is 0.527 bits per heavy atom. The first-order chi connectivity index (χ1) is 36.5. The van der Waals surface area contributed by atoms with Crippen molar-refractivity contribution in [3.8, 4) is 0 Å². The van der Waals surface area contributed by atoms with E-state index in [9.17, 15) is 14.4 Å². The number of esters is 3. The van der Waals surface area contributed by atoms with E-state index in [0.29, 0.717) is 25.7 Å². The largest absolute Gasteiger partial charge is 0.462 e. The Labute approximate surface area is 455 Å². The number of carbonyl (C=O) groups excluding carboxylic acids is 3. The minimum absolute atomic E-state index is 0.0962. The quantitative estimate of drug-likeness (QED) is 0.0261. The number of carbonyl (C=O) groups is 3. The van der Waals surface area contributed by atoms with Crippen LogP contribution in [0.2, 0.25) is 0 Å². The van der Waals surface area contributed by atoms with Crippen LogP contribution in [0.1, 0.15) is 258 Å². The monoisotopic (exact) mass is 1020 g/mol. The Kier molecular flexibility index (Phi) is 57.4. The van der Waals surface area contributed by atoms with Gasteiger partial charge in [-0.15, -0.1) is 0 Å². The van der Waals surface area contributed by atoms with Crippen LogP contribution in [-0.4, -0.2) is 37.2 Å². The van der Waals surface area contributed by atoms with E-state index < -0.39 is 6.10 Å². The van der Waals surface area contributed by atoms with Crippen molar-refractivity contribution in [2.45, 2.75) is 264 Å². The van der Waals surface area contributed by atoms with E-state index in [-0.39, 0.29) is 31.1 Å². The van der Waals surface area contributed by atoms with Crippen molar-refractivity contribution in [2.24, 2.45) is 0 Å². The molecular weight excluding hydrogens is 913 g/mol. The molecule has 74 heavy (non-hydrogen) atoms. The zero-order valence-corrected chi connectivity index (χ0v) is 47.8. The third-order valence-electron chi connectivity index (χ3n) is 12.4. The number of ether oxygens (including phenoxy) is 3. The molecule has 0 aliphatic heterocycles. The van der Waals surface area contributed by atoms with Crippen LogP contribution in [0.4, 0.5) is 0 Å². The van der Waals surface area contributed by atoms with E-state index in [2.05, 4.69) is 154 Å². The van der Waals surface area contributed by atoms with Gasteiger partial charge in [-0.25, -0.2) is 0 Å². The standard InChI is InChI=1S/C68H110O6/c1-4-7-10-13-16-19-22-24-25-26-27-28-29-30-31-32-33-34-35-36-37-38-39-40-41-42-43-44-47-49-52-55-58-61-67(70)73-64-65(63-72-66(69)60-57-54-51-48-45-21-18-15-12-9-6-3)74-68(71)62-59-56-53-50-46-23-20-17-14-11-8-5-2/h7,10,16-17,19-20,24-25,27-28,30-31,33-34,36-37,39-40,42-43,47,49,65H,4-6,8-9,11-15,18,21-23,26,29,32,35,38,41,44-46,48,50-64H2,1-3H3/b10-7-,19-16-,20-17-,25-24-,28-27-,31-30-,34-33-,37-36-,40-39-,43-42-,49-47-. The molecule has 6 nitrogen and oxygen atoms in total. The Balaban J connectivity index is 4.31. The summed E-state index contributed by atoms with van der Waals surface area (Å²) in [5, 5.41) is 0. The van der Waals surface area contributed by atoms with Crippen molar-refractivity contribution >= 4 is 17.9 Å². The Morgan fingerprint density at radius 3 is 0.892 bits per heavy atom. The molecule has 0 aromatic rings. The van der Waals surface area contributed by atoms with Gasteiger partial charge in [0.1, 0.15) is 13.2 Å². The molecule has 0 N–H and O–H groups in total. The Morgan fingerprint density at radius 1 is 0.284 bits per heavy atom. The molecule has 0 spiro atoms. The number of hydrogen-bond donors (Lipinski definition) is 0. The van der Waals surface area contributed by atoms with Gasteiger partial charge in [0, 0.05) is 19.3 Å². The molecule has 0 heterocycles. The highest BCUT2D eigenvalue weighted by atomic mass is 16.6. The van der Waals surface area contributed by atoms with Gasteiger partial charge in [-0.2, -0.15) is 0 Å². The molecule has 0 saturated carbocycles. The first-order valence-electron chi connectivity index (χ1n) is 30.2. The molecule has 0 fully saturated rings. The van der Waals surface area contributed by atoms with Gasteiger partial charge in [-0.05, 0) is 122 Å². The molecule has 0 amide bonds. The fourth-order valence-corrected chi connectivity index (χ4v) is 7.88. The van der Waals surface area contributed by atoms with Gasteiger partial charge in [0.25, 0.3) is 0 Å². The van der Waals surface area contributed by atoms with Crippen LogP contribution in [0, 0.1) is 0 Å². The van der Waals surface area contributed by atoms with Crippen LogP contribution in [-0.2, 0) is 28.6 Å². The number of unbranched alkanes of at least 4 members (excludes halogenated alkanes) is 20. The van der Waals surface area contributed by atoms with Crippen LogP contribution < -0.4 is 0 Å². The highest BCUT2D eigenvalue weighted by Gasteiger charge is 2.19. The summed E-state index contributed by atoms with van der Waals surface area (Å²) in [5.74, 6) is -0.955. The van der Waals surface area contributed by atoms with E-state index in [1.165, 1.54) is 83.5 Å². The van der Waals surface area contributed by atoms with Crippen molar-refractivity contribution in [3.63, 3.8) is 0 Å². The zero-order valence-electron chi connectivity index (χ0n) is 47.8. The summed E-state index contributed by atoms with van der Waals surface area (Å²) in [6.45, 7) is 6.44. The van der Waals surface area contributed by atoms with Crippen molar-refractivity contribution in [3.05, 3.63) is 134 Å². The molecule has 0 radical (unpaired) electrons. The molecule has 0 aromatic carbocycles. The molecule has 0 aromatic heterocycles. The van der Waals surface area contributed by atoms with Gasteiger partial charge in [0.05, 0.1) is 0 Å². The third kappa shape index (κ3) is 58.4. The van der Waals surface area contributed by atoms with Gasteiger partial charge >= 0.3 is 17.9 Å². The number of rotatable bonds is 53. The lowest BCUT2D eigenvalue weighted by Gasteiger charge is -2.18. The smallest absolute Gasteiger partial charge is 0.306 e. The summed E-state index contributed by atoms with van der Waals surface area (Å²) in [4.78, 5) is 38.0. The fourth-order valence-electron chi connectivity index (χ4n) is 7.88. The first kappa shape index (κ1) is 69.5. The lowest BCUT2D eigenvalue weighted by atomic mass is 10.1. The Hall–Kier alpha value is -4.45. The minimum atomic E-state index is -0.801. The van der Waals surface area contributed by atoms with Crippen molar-refractivity contribution in [1.29, 1.82) is 0 Å². The molecule has 6 heteroatoms. The van der Waals surface area contributed by atoms with Crippen molar-refractivity contribution < 1.29 is 28.6 Å². The first-order valence-corrected chi connectivity index (χ1v) is 30.2. The van der Waals surface area contributed by atoms with Gasteiger partial charge in [0.2, 0.25) is 0 Å². The van der Waals surface area contributed by atoms with E-state index >= 15 is 0 Å². The normalized spacial score (nSPS) is 13.1. The molecule has 0 aliphatic rings. The van der Waals surface area contributed by atoms with Gasteiger partial charge in [-0.1, -0.05) is 251 Å². The summed E-state index contributed by atoms with van der Waals surface area (Å²) >= 11 is 0. The van der Waals surface area contributed by atoms with Crippen molar-refractivity contribution in [2.75, 3.05) is 13.2 Å². The van der Waals surface area contributed by atoms with Crippen LogP contribution in [0.3, 0.4) is 0 Å². The summed E-state index contributed by atoms with van der Waals surface area (Å²) in [5.41, 5.74) is 0. The summed E-state index contributed by atoms with van der Waals surface area (Å²) < 4.78 is 16.8. The maximum atomic E-state index is 12.8. The molecule has 0 saturated heterocycles. The SMILES string of the molecule is CC/C=C\C/C=C\C/C=C\C/C=C\C/C=C\C/C=C\C/C=C\C/C=C\C/C=C\C/C=C\CCCCC(=O)OCC(COC(=O)CCCCCCCCCCCCC)OC(=O)CCCCCCC/C=C\CCCCC. The summed E-state index contributed by atoms with van der Waals surface area (Å²) in [6.07, 6.45) is 86.0. The zero-order chi connectivity index (χ0) is 53.6. The molecule has 1 unspecified atom stereocenters. The highest BCUT2D eigenvalue weighted by Crippen LogP contribution is 2.14. The highest BCUT2D eigenvalue weighted by molar-refractivity contribution is 5.71. The van der Waals surface area contributed by atoms with Crippen LogP contribution in [0.15, 0.2) is 134 Å². The lowest BCUT2D eigenvalue weighted by Crippen LogP contribution is -2.30. The average molecular weight is 1020 g/mol. The third-order valence-corrected chi connectivity index (χ3v) is 12.4. The predicted octanol–water partition coefficient (Wildman–Crippen LogP) is 20.6. The topological polar surface area (TPSA) is 78.9 Å². The molecule has 418 valence electrons. The van der Waals surface area contributed by atoms with Crippen LogP contribution in [0.5, 0.6) is 0 Å². The maximum absolute atomic E-state index is 12.8. The van der Waals surface area contributed by atoms with E-state index in [1.54, 1.807) is 0 Å². The Bertz CT molecular complexity index is 1600. The summed E-state index contributed by atoms with van der Waals surface area (Å²) in [6, 6.07) is 0. The predicted molar refractivity (Wildman–Crippen MR) is 320 cm³/mol. The second kappa shape index (κ2) is 61.1. The second-order valence-corrected chi connectivity index (χ2v) is 19.5. The molecular formula is C68H110O6. The minimum Gasteiger partial charge on any atom is -0.462 e. The van der Waals surface area contributed by atoms with Gasteiger partial charge in [0.15, 0.2) is 6.10 Å². The van der Waals surface area contributed by atoms with Crippen LogP contribution in [0.25, 0.3) is 0 Å². The van der Waals surface area contributed by atoms with Crippen molar-refractivity contribution in [1.82, 2.24) is 0 Å². The van der Waals surface area contributed by atoms with E-state index in [1.807, 2.05) is 0 Å². The molecule has 0 aliphatic carbocycles.